The van der Waals surface area contributed by atoms with Crippen LogP contribution in [0, 0.1) is 0 Å². The molecule has 0 atom stereocenters. The van der Waals surface area contributed by atoms with Crippen molar-refractivity contribution >= 4 is 40.0 Å². The van der Waals surface area contributed by atoms with Crippen molar-refractivity contribution in [3.8, 4) is 0 Å². The van der Waals surface area contributed by atoms with Gasteiger partial charge in [-0.25, -0.2) is 14.6 Å². The molecule has 3 N–H and O–H groups in total. The molecule has 0 radical (unpaired) electrons. The second-order valence-corrected chi connectivity index (χ2v) is 5.77. The van der Waals surface area contributed by atoms with E-state index in [9.17, 15) is 9.59 Å². The summed E-state index contributed by atoms with van der Waals surface area (Å²) in [6.07, 6.45) is 1.71. The Balaban J connectivity index is 1.82. The highest BCUT2D eigenvalue weighted by Crippen LogP contribution is 2.27. The van der Waals surface area contributed by atoms with Crippen LogP contribution in [0.3, 0.4) is 0 Å². The van der Waals surface area contributed by atoms with Gasteiger partial charge in [-0.1, -0.05) is 12.1 Å². The molecule has 0 aliphatic heterocycles. The van der Waals surface area contributed by atoms with Crippen LogP contribution in [0.15, 0.2) is 54.7 Å². The molecule has 2 aromatic carbocycles. The second kappa shape index (κ2) is 8.18. The number of pyridine rings is 1. The lowest BCUT2D eigenvalue weighted by atomic mass is 10.1. The van der Waals surface area contributed by atoms with E-state index in [0.717, 1.165) is 22.1 Å². The van der Waals surface area contributed by atoms with Crippen LogP contribution in [0.1, 0.15) is 17.3 Å². The molecule has 0 fully saturated rings. The molecule has 2 amide bonds. The predicted molar refractivity (Wildman–Crippen MR) is 106 cm³/mol. The molecular weight excluding hydrogens is 344 g/mol. The number of aromatic nitrogens is 1. The first-order chi connectivity index (χ1) is 13.1. The Morgan fingerprint density at radius 1 is 1.11 bits per heavy atom. The molecule has 0 bridgehead atoms. The van der Waals surface area contributed by atoms with E-state index >= 15 is 0 Å². The minimum Gasteiger partial charge on any atom is -0.465 e. The normalized spacial score (nSPS) is 10.3. The average Bonchev–Trinajstić information content (AvgIpc) is 2.68. The van der Waals surface area contributed by atoms with Crippen LogP contribution in [0.5, 0.6) is 0 Å². The quantitative estimate of drug-likeness (QED) is 0.597. The molecule has 0 unspecified atom stereocenters. The van der Waals surface area contributed by atoms with E-state index in [1.807, 2.05) is 43.3 Å². The maximum Gasteiger partial charge on any atom is 0.337 e. The molecule has 1 heterocycles. The fourth-order valence-corrected chi connectivity index (χ4v) is 2.63. The van der Waals surface area contributed by atoms with Gasteiger partial charge in [-0.3, -0.25) is 5.32 Å². The van der Waals surface area contributed by atoms with Gasteiger partial charge in [0.1, 0.15) is 5.82 Å². The topological polar surface area (TPSA) is 92.4 Å². The molecule has 3 aromatic rings. The first-order valence-electron chi connectivity index (χ1n) is 8.49. The Morgan fingerprint density at radius 2 is 1.89 bits per heavy atom. The van der Waals surface area contributed by atoms with Crippen LogP contribution in [0.25, 0.3) is 10.8 Å². The van der Waals surface area contributed by atoms with Gasteiger partial charge in [0.25, 0.3) is 0 Å². The molecule has 7 nitrogen and oxygen atoms in total. The summed E-state index contributed by atoms with van der Waals surface area (Å²) in [6, 6.07) is 14.4. The zero-order valence-electron chi connectivity index (χ0n) is 15.1. The minimum atomic E-state index is -0.372. The van der Waals surface area contributed by atoms with Crippen molar-refractivity contribution in [2.45, 2.75) is 6.92 Å². The molecule has 0 saturated heterocycles. The van der Waals surface area contributed by atoms with Gasteiger partial charge in [-0.05, 0) is 48.7 Å². The molecule has 27 heavy (non-hydrogen) atoms. The third-order valence-corrected chi connectivity index (χ3v) is 3.93. The fourth-order valence-electron chi connectivity index (χ4n) is 2.63. The van der Waals surface area contributed by atoms with Crippen molar-refractivity contribution in [2.24, 2.45) is 0 Å². The van der Waals surface area contributed by atoms with Crippen LogP contribution in [0.2, 0.25) is 0 Å². The average molecular weight is 364 g/mol. The molecule has 1 aromatic heterocycles. The van der Waals surface area contributed by atoms with Crippen LogP contribution in [-0.2, 0) is 4.74 Å². The maximum absolute atomic E-state index is 11.6. The number of benzene rings is 2. The van der Waals surface area contributed by atoms with Crippen LogP contribution in [0.4, 0.5) is 22.0 Å². The summed E-state index contributed by atoms with van der Waals surface area (Å²) in [6.45, 7) is 2.39. The smallest absolute Gasteiger partial charge is 0.337 e. The molecule has 0 aliphatic carbocycles. The lowest BCUT2D eigenvalue weighted by Gasteiger charge is -2.11. The summed E-state index contributed by atoms with van der Waals surface area (Å²) in [7, 11) is 1.35. The lowest BCUT2D eigenvalue weighted by molar-refractivity contribution is 0.0600. The van der Waals surface area contributed by atoms with Gasteiger partial charge in [0.15, 0.2) is 0 Å². The van der Waals surface area contributed by atoms with Crippen molar-refractivity contribution in [1.82, 2.24) is 10.3 Å². The summed E-state index contributed by atoms with van der Waals surface area (Å²) in [4.78, 5) is 27.5. The first-order valence-corrected chi connectivity index (χ1v) is 8.49. The Kier molecular flexibility index (Phi) is 5.51. The zero-order chi connectivity index (χ0) is 19.2. The number of nitrogens with one attached hydrogen (secondary N) is 3. The van der Waals surface area contributed by atoms with Crippen LogP contribution in [-0.4, -0.2) is 30.6 Å². The van der Waals surface area contributed by atoms with Gasteiger partial charge in [-0.2, -0.15) is 0 Å². The lowest BCUT2D eigenvalue weighted by Crippen LogP contribution is -2.28. The monoisotopic (exact) mass is 364 g/mol. The predicted octanol–water partition coefficient (Wildman–Crippen LogP) is 3.91. The number of amides is 2. The van der Waals surface area contributed by atoms with E-state index < -0.39 is 0 Å². The summed E-state index contributed by atoms with van der Waals surface area (Å²) >= 11 is 0. The van der Waals surface area contributed by atoms with E-state index in [1.165, 1.54) is 7.11 Å². The maximum atomic E-state index is 11.6. The molecule has 0 aliphatic rings. The number of hydrogen-bond acceptors (Lipinski definition) is 5. The highest BCUT2D eigenvalue weighted by atomic mass is 16.5. The highest BCUT2D eigenvalue weighted by molar-refractivity contribution is 5.98. The van der Waals surface area contributed by atoms with Crippen LogP contribution >= 0.6 is 0 Å². The second-order valence-electron chi connectivity index (χ2n) is 5.77. The molecular formula is C20H20N4O3. The third kappa shape index (κ3) is 4.33. The number of esters is 1. The fraction of sp³-hybridized carbons (Fsp3) is 0.150. The largest absolute Gasteiger partial charge is 0.465 e. The summed E-state index contributed by atoms with van der Waals surface area (Å²) in [5, 5.41) is 10.5. The first kappa shape index (κ1) is 18.2. The number of nitrogens with zero attached hydrogens (tertiary/aromatic N) is 1. The number of rotatable bonds is 5. The van der Waals surface area contributed by atoms with Crippen molar-refractivity contribution in [3.05, 3.63) is 60.3 Å². The molecule has 7 heteroatoms. The Bertz CT molecular complexity index is 971. The number of methoxy groups -OCH3 is 1. The van der Waals surface area contributed by atoms with Gasteiger partial charge < -0.3 is 15.4 Å². The van der Waals surface area contributed by atoms with E-state index in [-0.39, 0.29) is 12.0 Å². The number of carbonyl (C=O) groups excluding carboxylic acids is 2. The van der Waals surface area contributed by atoms with Gasteiger partial charge in [-0.15, -0.1) is 0 Å². The van der Waals surface area contributed by atoms with E-state index in [4.69, 9.17) is 4.74 Å². The molecule has 138 valence electrons. The van der Waals surface area contributed by atoms with Crippen molar-refractivity contribution in [2.75, 3.05) is 24.3 Å². The summed E-state index contributed by atoms with van der Waals surface area (Å²) in [5.41, 5.74) is 2.19. The standard InChI is InChI=1S/C20H20N4O3/c1-3-21-20(26)24-18-11-14-5-4-6-17(16(14)12-22-18)23-15-9-7-13(8-10-15)19(25)27-2/h4-12,23H,3H2,1-2H3,(H2,21,22,24,26). The number of hydrogen-bond donors (Lipinski definition) is 3. The molecule has 0 spiro atoms. The van der Waals surface area contributed by atoms with Crippen molar-refractivity contribution in [3.63, 3.8) is 0 Å². The zero-order valence-corrected chi connectivity index (χ0v) is 15.1. The SMILES string of the molecule is CCNC(=O)Nc1cc2cccc(Nc3ccc(C(=O)OC)cc3)c2cn1. The Labute approximate surface area is 156 Å². The van der Waals surface area contributed by atoms with Gasteiger partial charge in [0.2, 0.25) is 0 Å². The molecule has 3 rings (SSSR count). The van der Waals surface area contributed by atoms with E-state index in [0.29, 0.717) is 17.9 Å². The van der Waals surface area contributed by atoms with Crippen molar-refractivity contribution < 1.29 is 14.3 Å². The van der Waals surface area contributed by atoms with Gasteiger partial charge >= 0.3 is 12.0 Å². The Hall–Kier alpha value is -3.61. The number of carbonyl (C=O) groups is 2. The van der Waals surface area contributed by atoms with Gasteiger partial charge in [0.05, 0.1) is 12.7 Å². The van der Waals surface area contributed by atoms with Gasteiger partial charge in [0, 0.05) is 29.5 Å². The van der Waals surface area contributed by atoms with E-state index in [1.54, 1.807) is 18.3 Å². The number of ether oxygens (including phenoxy) is 1. The third-order valence-electron chi connectivity index (χ3n) is 3.93. The van der Waals surface area contributed by atoms with Crippen molar-refractivity contribution in [1.29, 1.82) is 0 Å². The number of fused-ring (bicyclic) bond motifs is 1. The molecule has 0 saturated carbocycles. The Morgan fingerprint density at radius 3 is 2.59 bits per heavy atom. The summed E-state index contributed by atoms with van der Waals surface area (Å²) in [5.74, 6) is 0.107. The van der Waals surface area contributed by atoms with E-state index in [2.05, 4.69) is 20.9 Å². The minimum absolute atomic E-state index is 0.288. The summed E-state index contributed by atoms with van der Waals surface area (Å²) < 4.78 is 4.70. The number of urea groups is 1. The number of anilines is 3. The highest BCUT2D eigenvalue weighted by Gasteiger charge is 2.07. The van der Waals surface area contributed by atoms with Crippen LogP contribution < -0.4 is 16.0 Å².